The van der Waals surface area contributed by atoms with Gasteiger partial charge in [0.05, 0.1) is 5.92 Å². The lowest BCUT2D eigenvalue weighted by atomic mass is 10.1. The van der Waals surface area contributed by atoms with E-state index in [1.165, 1.54) is 5.56 Å². The van der Waals surface area contributed by atoms with E-state index < -0.39 is 0 Å². The second kappa shape index (κ2) is 9.36. The summed E-state index contributed by atoms with van der Waals surface area (Å²) < 4.78 is 0. The molecular formula is C22H33N3O2. The third-order valence-corrected chi connectivity index (χ3v) is 5.78. The van der Waals surface area contributed by atoms with Gasteiger partial charge in [-0.25, -0.2) is 0 Å². The molecule has 0 N–H and O–H groups in total. The zero-order chi connectivity index (χ0) is 19.2. The molecule has 2 heterocycles. The van der Waals surface area contributed by atoms with E-state index in [1.54, 1.807) is 0 Å². The van der Waals surface area contributed by atoms with E-state index in [0.29, 0.717) is 18.9 Å². The lowest BCUT2D eigenvalue weighted by Crippen LogP contribution is -2.51. The van der Waals surface area contributed by atoms with Crippen LogP contribution in [0.1, 0.15) is 32.3 Å². The minimum atomic E-state index is -0.138. The summed E-state index contributed by atoms with van der Waals surface area (Å²) in [5, 5.41) is 0. The molecule has 0 bridgehead atoms. The van der Waals surface area contributed by atoms with Crippen LogP contribution in [0.2, 0.25) is 0 Å². The van der Waals surface area contributed by atoms with Crippen molar-refractivity contribution in [2.75, 3.05) is 45.8 Å². The molecule has 2 fully saturated rings. The number of hydrogen-bond acceptors (Lipinski definition) is 3. The SMILES string of the molecule is CC(C)CCN1CC(C(=O)N2CCN(CCc3ccccc3)CC2)CC1=O. The van der Waals surface area contributed by atoms with E-state index in [9.17, 15) is 9.59 Å². The number of benzene rings is 1. The van der Waals surface area contributed by atoms with Gasteiger partial charge in [0.2, 0.25) is 11.8 Å². The molecule has 2 saturated heterocycles. The Hall–Kier alpha value is -1.88. The van der Waals surface area contributed by atoms with Crippen molar-refractivity contribution in [3.63, 3.8) is 0 Å². The number of likely N-dealkylation sites (tertiary alicyclic amines) is 1. The second-order valence-corrected chi connectivity index (χ2v) is 8.33. The van der Waals surface area contributed by atoms with Gasteiger partial charge in [0.15, 0.2) is 0 Å². The Kier molecular flexibility index (Phi) is 6.89. The fraction of sp³-hybridized carbons (Fsp3) is 0.636. The normalized spacial score (nSPS) is 21.3. The Morgan fingerprint density at radius 1 is 1.07 bits per heavy atom. The number of carbonyl (C=O) groups excluding carboxylic acids is 2. The van der Waals surface area contributed by atoms with Gasteiger partial charge in [0.25, 0.3) is 0 Å². The number of rotatable bonds is 7. The fourth-order valence-corrected chi connectivity index (χ4v) is 3.95. The standard InChI is InChI=1S/C22H33N3O2/c1-18(2)8-11-25-17-20(16-21(25)26)22(27)24-14-12-23(13-15-24)10-9-19-6-4-3-5-7-19/h3-7,18,20H,8-17H2,1-2H3. The molecule has 3 rings (SSSR count). The number of hydrogen-bond donors (Lipinski definition) is 0. The smallest absolute Gasteiger partial charge is 0.228 e. The van der Waals surface area contributed by atoms with Crippen LogP contribution in [-0.2, 0) is 16.0 Å². The van der Waals surface area contributed by atoms with Crippen LogP contribution in [0.4, 0.5) is 0 Å². The molecule has 1 aromatic rings. The van der Waals surface area contributed by atoms with E-state index in [0.717, 1.165) is 52.1 Å². The minimum absolute atomic E-state index is 0.138. The highest BCUT2D eigenvalue weighted by molar-refractivity contribution is 5.89. The summed E-state index contributed by atoms with van der Waals surface area (Å²) in [6, 6.07) is 10.5. The molecule has 27 heavy (non-hydrogen) atoms. The topological polar surface area (TPSA) is 43.9 Å². The van der Waals surface area contributed by atoms with E-state index in [1.807, 2.05) is 15.9 Å². The molecule has 0 spiro atoms. The van der Waals surface area contributed by atoms with Crippen LogP contribution in [0, 0.1) is 11.8 Å². The van der Waals surface area contributed by atoms with Gasteiger partial charge < -0.3 is 9.80 Å². The van der Waals surface area contributed by atoms with Gasteiger partial charge in [-0.05, 0) is 24.3 Å². The lowest BCUT2D eigenvalue weighted by molar-refractivity contribution is -0.137. The van der Waals surface area contributed by atoms with Gasteiger partial charge in [-0.1, -0.05) is 44.2 Å². The molecule has 1 unspecified atom stereocenters. The van der Waals surface area contributed by atoms with Gasteiger partial charge in [-0.2, -0.15) is 0 Å². The van der Waals surface area contributed by atoms with Crippen molar-refractivity contribution in [2.24, 2.45) is 11.8 Å². The molecule has 2 aliphatic heterocycles. The Morgan fingerprint density at radius 2 is 1.78 bits per heavy atom. The molecule has 2 aliphatic rings. The van der Waals surface area contributed by atoms with Crippen LogP contribution in [-0.4, -0.2) is 72.3 Å². The van der Waals surface area contributed by atoms with Crippen molar-refractivity contribution >= 4 is 11.8 Å². The molecule has 0 saturated carbocycles. The molecule has 0 aliphatic carbocycles. The van der Waals surface area contributed by atoms with Gasteiger partial charge in [-0.3, -0.25) is 14.5 Å². The van der Waals surface area contributed by atoms with Crippen molar-refractivity contribution in [2.45, 2.75) is 33.1 Å². The molecule has 0 aromatic heterocycles. The largest absolute Gasteiger partial charge is 0.342 e. The van der Waals surface area contributed by atoms with E-state index in [-0.39, 0.29) is 17.7 Å². The van der Waals surface area contributed by atoms with E-state index in [4.69, 9.17) is 0 Å². The first kappa shape index (κ1) is 19.9. The summed E-state index contributed by atoms with van der Waals surface area (Å²) >= 11 is 0. The molecule has 1 aromatic carbocycles. The molecule has 2 amide bonds. The van der Waals surface area contributed by atoms with Gasteiger partial charge in [0.1, 0.15) is 0 Å². The quantitative estimate of drug-likeness (QED) is 0.739. The van der Waals surface area contributed by atoms with Crippen molar-refractivity contribution in [3.05, 3.63) is 35.9 Å². The maximum atomic E-state index is 12.8. The number of amides is 2. The lowest BCUT2D eigenvalue weighted by Gasteiger charge is -2.36. The van der Waals surface area contributed by atoms with Gasteiger partial charge in [-0.15, -0.1) is 0 Å². The van der Waals surface area contributed by atoms with Crippen LogP contribution < -0.4 is 0 Å². The highest BCUT2D eigenvalue weighted by Crippen LogP contribution is 2.22. The fourth-order valence-electron chi connectivity index (χ4n) is 3.95. The van der Waals surface area contributed by atoms with Crippen LogP contribution in [0.15, 0.2) is 30.3 Å². The van der Waals surface area contributed by atoms with Crippen LogP contribution in [0.5, 0.6) is 0 Å². The van der Waals surface area contributed by atoms with E-state index in [2.05, 4.69) is 43.0 Å². The summed E-state index contributed by atoms with van der Waals surface area (Å²) in [6.07, 6.45) is 2.45. The third kappa shape index (κ3) is 5.55. The number of piperazine rings is 1. The first-order valence-corrected chi connectivity index (χ1v) is 10.4. The average molecular weight is 372 g/mol. The Labute approximate surface area is 163 Å². The zero-order valence-electron chi connectivity index (χ0n) is 16.8. The number of carbonyl (C=O) groups is 2. The Bertz CT molecular complexity index is 624. The van der Waals surface area contributed by atoms with Gasteiger partial charge in [0, 0.05) is 52.2 Å². The second-order valence-electron chi connectivity index (χ2n) is 8.33. The molecule has 5 heteroatoms. The monoisotopic (exact) mass is 371 g/mol. The summed E-state index contributed by atoms with van der Waals surface area (Å²) in [5.41, 5.74) is 1.36. The first-order valence-electron chi connectivity index (χ1n) is 10.4. The first-order chi connectivity index (χ1) is 13.0. The molecular weight excluding hydrogens is 338 g/mol. The van der Waals surface area contributed by atoms with Crippen LogP contribution >= 0.6 is 0 Å². The summed E-state index contributed by atoms with van der Waals surface area (Å²) in [7, 11) is 0. The van der Waals surface area contributed by atoms with Crippen molar-refractivity contribution in [1.82, 2.24) is 14.7 Å². The summed E-state index contributed by atoms with van der Waals surface area (Å²) in [6.45, 7) is 10.2. The minimum Gasteiger partial charge on any atom is -0.342 e. The summed E-state index contributed by atoms with van der Waals surface area (Å²) in [5.74, 6) is 0.769. The van der Waals surface area contributed by atoms with Crippen molar-refractivity contribution in [3.8, 4) is 0 Å². The predicted octanol–water partition coefficient (Wildman–Crippen LogP) is 2.27. The predicted molar refractivity (Wildman–Crippen MR) is 107 cm³/mol. The van der Waals surface area contributed by atoms with Crippen molar-refractivity contribution in [1.29, 1.82) is 0 Å². The Balaban J connectivity index is 1.41. The highest BCUT2D eigenvalue weighted by atomic mass is 16.2. The summed E-state index contributed by atoms with van der Waals surface area (Å²) in [4.78, 5) is 31.3. The maximum Gasteiger partial charge on any atom is 0.228 e. The average Bonchev–Trinajstić information content (AvgIpc) is 3.06. The highest BCUT2D eigenvalue weighted by Gasteiger charge is 2.37. The molecule has 5 nitrogen and oxygen atoms in total. The van der Waals surface area contributed by atoms with Crippen molar-refractivity contribution < 1.29 is 9.59 Å². The molecule has 148 valence electrons. The maximum absolute atomic E-state index is 12.8. The van der Waals surface area contributed by atoms with Crippen LogP contribution in [0.25, 0.3) is 0 Å². The molecule has 0 radical (unpaired) electrons. The number of nitrogens with zero attached hydrogens (tertiary/aromatic N) is 3. The van der Waals surface area contributed by atoms with Gasteiger partial charge >= 0.3 is 0 Å². The zero-order valence-corrected chi connectivity index (χ0v) is 16.8. The van der Waals surface area contributed by atoms with Crippen LogP contribution in [0.3, 0.4) is 0 Å². The van der Waals surface area contributed by atoms with E-state index >= 15 is 0 Å². The third-order valence-electron chi connectivity index (χ3n) is 5.78. The Morgan fingerprint density at radius 3 is 2.44 bits per heavy atom. The molecule has 1 atom stereocenters.